The zero-order valence-electron chi connectivity index (χ0n) is 24.2. The number of likely N-dealkylation sites (N-methyl/N-ethyl adjacent to an activating group) is 1. The second-order valence-corrected chi connectivity index (χ2v) is 11.4. The van der Waals surface area contributed by atoms with Gasteiger partial charge >= 0.3 is 0 Å². The number of fused-ring (bicyclic) bond motifs is 3. The summed E-state index contributed by atoms with van der Waals surface area (Å²) in [6.45, 7) is 11.0. The molecule has 0 unspecified atom stereocenters. The summed E-state index contributed by atoms with van der Waals surface area (Å²) in [6, 6.07) is 17.7. The maximum atomic E-state index is 5.82. The minimum atomic E-state index is 0.114. The fraction of sp³-hybridized carbons (Fsp3) is 0.438. The van der Waals surface area contributed by atoms with Crippen molar-refractivity contribution in [1.29, 1.82) is 0 Å². The average Bonchev–Trinajstić information content (AvgIpc) is 3.53. The van der Waals surface area contributed by atoms with Crippen molar-refractivity contribution in [2.75, 3.05) is 50.8 Å². The van der Waals surface area contributed by atoms with Crippen molar-refractivity contribution in [3.8, 4) is 11.3 Å². The highest BCUT2D eigenvalue weighted by molar-refractivity contribution is 6.05. The number of benzene rings is 1. The highest BCUT2D eigenvalue weighted by atomic mass is 16.5. The predicted molar refractivity (Wildman–Crippen MR) is 162 cm³/mol. The molecule has 9 heteroatoms. The van der Waals surface area contributed by atoms with Crippen LogP contribution in [0.3, 0.4) is 0 Å². The minimum absolute atomic E-state index is 0.114. The molecular formula is C32H38N8O. The molecule has 2 aliphatic heterocycles. The van der Waals surface area contributed by atoms with Gasteiger partial charge in [0.15, 0.2) is 0 Å². The van der Waals surface area contributed by atoms with Gasteiger partial charge in [0.05, 0.1) is 28.5 Å². The van der Waals surface area contributed by atoms with E-state index in [4.69, 9.17) is 14.7 Å². The van der Waals surface area contributed by atoms with Gasteiger partial charge in [0, 0.05) is 63.6 Å². The Kier molecular flexibility index (Phi) is 6.92. The Morgan fingerprint density at radius 3 is 2.49 bits per heavy atom. The predicted octanol–water partition coefficient (Wildman–Crippen LogP) is 4.85. The quantitative estimate of drug-likeness (QED) is 0.299. The van der Waals surface area contributed by atoms with E-state index < -0.39 is 0 Å². The van der Waals surface area contributed by atoms with Crippen molar-refractivity contribution in [1.82, 2.24) is 34.4 Å². The highest BCUT2D eigenvalue weighted by Gasteiger charge is 2.31. The van der Waals surface area contributed by atoms with Gasteiger partial charge in [-0.3, -0.25) is 4.98 Å². The van der Waals surface area contributed by atoms with Crippen LogP contribution in [0.1, 0.15) is 37.1 Å². The molecule has 41 heavy (non-hydrogen) atoms. The molecule has 4 aromatic heterocycles. The lowest BCUT2D eigenvalue weighted by Gasteiger charge is -2.35. The van der Waals surface area contributed by atoms with Gasteiger partial charge < -0.3 is 19.1 Å². The standard InChI is InChI=1S/C32H38N8O/c1-4-38-14-16-39(17-15-38)28-11-10-26-29-27(20-25(21-33-29)30-22(2)35-36-37(30)3)40(32(26)34-28)31(23-8-6-5-7-9-23)24-12-18-41-19-13-24/h5-11,20-21,24,31H,4,12-19H2,1-3H3/t31-/m1/s1. The van der Waals surface area contributed by atoms with Crippen molar-refractivity contribution < 1.29 is 4.74 Å². The molecule has 2 saturated heterocycles. The van der Waals surface area contributed by atoms with Crippen LogP contribution in [0.4, 0.5) is 5.82 Å². The smallest absolute Gasteiger partial charge is 0.145 e. The van der Waals surface area contributed by atoms with Crippen LogP contribution < -0.4 is 4.90 Å². The highest BCUT2D eigenvalue weighted by Crippen LogP contribution is 2.41. The van der Waals surface area contributed by atoms with Crippen LogP contribution in [0.15, 0.2) is 54.7 Å². The third kappa shape index (κ3) is 4.67. The molecule has 1 aromatic carbocycles. The number of hydrogen-bond acceptors (Lipinski definition) is 7. The monoisotopic (exact) mass is 550 g/mol. The van der Waals surface area contributed by atoms with Gasteiger partial charge in [-0.15, -0.1) is 5.10 Å². The summed E-state index contributed by atoms with van der Waals surface area (Å²) < 4.78 is 10.1. The summed E-state index contributed by atoms with van der Waals surface area (Å²) in [5, 5.41) is 9.67. The van der Waals surface area contributed by atoms with Gasteiger partial charge in [-0.2, -0.15) is 0 Å². The molecule has 0 N–H and O–H groups in total. The molecule has 2 fully saturated rings. The molecular weight excluding hydrogens is 512 g/mol. The zero-order chi connectivity index (χ0) is 27.9. The minimum Gasteiger partial charge on any atom is -0.381 e. The first-order valence-corrected chi connectivity index (χ1v) is 14.9. The molecule has 212 valence electrons. The van der Waals surface area contributed by atoms with Gasteiger partial charge in [-0.05, 0) is 56.0 Å². The SMILES string of the molecule is CCN1CCN(c2ccc3c4ncc(-c5c(C)nnn5C)cc4n([C@H](c4ccccc4)C4CCOCC4)c3n2)CC1. The van der Waals surface area contributed by atoms with Gasteiger partial charge in [0.2, 0.25) is 0 Å². The largest absolute Gasteiger partial charge is 0.381 e. The second-order valence-electron chi connectivity index (χ2n) is 11.4. The molecule has 0 aliphatic carbocycles. The molecule has 9 nitrogen and oxygen atoms in total. The Bertz CT molecular complexity index is 1640. The first kappa shape index (κ1) is 26.1. The van der Waals surface area contributed by atoms with Crippen LogP contribution in [-0.4, -0.2) is 80.4 Å². The van der Waals surface area contributed by atoms with E-state index in [-0.39, 0.29) is 6.04 Å². The third-order valence-electron chi connectivity index (χ3n) is 9.01. The van der Waals surface area contributed by atoms with Crippen molar-refractivity contribution in [3.63, 3.8) is 0 Å². The molecule has 0 radical (unpaired) electrons. The van der Waals surface area contributed by atoms with Crippen LogP contribution in [0.25, 0.3) is 33.3 Å². The summed E-state index contributed by atoms with van der Waals surface area (Å²) in [7, 11) is 1.94. The maximum Gasteiger partial charge on any atom is 0.145 e. The third-order valence-corrected chi connectivity index (χ3v) is 9.01. The number of hydrogen-bond donors (Lipinski definition) is 0. The number of rotatable bonds is 6. The van der Waals surface area contributed by atoms with Crippen LogP contribution in [-0.2, 0) is 11.8 Å². The number of aromatic nitrogens is 6. The van der Waals surface area contributed by atoms with Crippen molar-refractivity contribution in [2.45, 2.75) is 32.7 Å². The average molecular weight is 551 g/mol. The fourth-order valence-corrected chi connectivity index (χ4v) is 6.82. The van der Waals surface area contributed by atoms with Gasteiger partial charge in [0.25, 0.3) is 0 Å². The first-order valence-electron chi connectivity index (χ1n) is 14.9. The van der Waals surface area contributed by atoms with Gasteiger partial charge in [0.1, 0.15) is 11.5 Å². The molecule has 0 saturated carbocycles. The lowest BCUT2D eigenvalue weighted by molar-refractivity contribution is 0.0552. The van der Waals surface area contributed by atoms with Crippen molar-refractivity contribution in [2.24, 2.45) is 13.0 Å². The van der Waals surface area contributed by atoms with E-state index in [1.54, 1.807) is 0 Å². The lowest BCUT2D eigenvalue weighted by atomic mass is 9.86. The Morgan fingerprint density at radius 1 is 1.00 bits per heavy atom. The zero-order valence-corrected chi connectivity index (χ0v) is 24.2. The Hall–Kier alpha value is -3.82. The molecule has 2 aliphatic rings. The van der Waals surface area contributed by atoms with E-state index in [9.17, 15) is 0 Å². The molecule has 5 aromatic rings. The van der Waals surface area contributed by atoms with Crippen LogP contribution in [0.2, 0.25) is 0 Å². The number of ether oxygens (including phenoxy) is 1. The summed E-state index contributed by atoms with van der Waals surface area (Å²) in [4.78, 5) is 15.4. The van der Waals surface area contributed by atoms with E-state index in [1.165, 1.54) is 5.56 Å². The molecule has 0 spiro atoms. The number of anilines is 1. The van der Waals surface area contributed by atoms with Gasteiger partial charge in [-0.25, -0.2) is 9.67 Å². The van der Waals surface area contributed by atoms with Crippen LogP contribution in [0.5, 0.6) is 0 Å². The maximum absolute atomic E-state index is 5.82. The van der Waals surface area contributed by atoms with Gasteiger partial charge in [-0.1, -0.05) is 42.5 Å². The van der Waals surface area contributed by atoms with E-state index in [0.717, 1.165) is 104 Å². The van der Waals surface area contributed by atoms with Crippen molar-refractivity contribution in [3.05, 3.63) is 66.0 Å². The number of piperazine rings is 1. The molecule has 0 amide bonds. The lowest BCUT2D eigenvalue weighted by Crippen LogP contribution is -2.46. The normalized spacial score (nSPS) is 18.0. The summed E-state index contributed by atoms with van der Waals surface area (Å²) in [5.74, 6) is 1.47. The first-order chi connectivity index (χ1) is 20.1. The number of pyridine rings is 2. The topological polar surface area (TPSA) is 77.1 Å². The fourth-order valence-electron chi connectivity index (χ4n) is 6.82. The van der Waals surface area contributed by atoms with Crippen LogP contribution >= 0.6 is 0 Å². The van der Waals surface area contributed by atoms with E-state index in [1.807, 2.05) is 24.9 Å². The Morgan fingerprint density at radius 2 is 1.78 bits per heavy atom. The van der Waals surface area contributed by atoms with Crippen molar-refractivity contribution >= 4 is 27.9 Å². The number of aryl methyl sites for hydroxylation is 2. The molecule has 6 heterocycles. The summed E-state index contributed by atoms with van der Waals surface area (Å²) in [6.07, 6.45) is 3.98. The summed E-state index contributed by atoms with van der Waals surface area (Å²) in [5.41, 5.74) is 7.28. The van der Waals surface area contributed by atoms with E-state index >= 15 is 0 Å². The number of nitrogens with zero attached hydrogens (tertiary/aromatic N) is 8. The Labute approximate surface area is 240 Å². The molecule has 1 atom stereocenters. The van der Waals surface area contributed by atoms with Crippen LogP contribution in [0, 0.1) is 12.8 Å². The Balaban J connectivity index is 1.46. The van der Waals surface area contributed by atoms with E-state index in [0.29, 0.717) is 5.92 Å². The summed E-state index contributed by atoms with van der Waals surface area (Å²) >= 11 is 0. The second kappa shape index (κ2) is 10.9. The molecule has 7 rings (SSSR count). The molecule has 0 bridgehead atoms. The van der Waals surface area contributed by atoms with E-state index in [2.05, 4.69) is 80.1 Å².